The molecule has 1 aromatic carbocycles. The van der Waals surface area contributed by atoms with E-state index in [2.05, 4.69) is 14.7 Å². The Morgan fingerprint density at radius 1 is 1.13 bits per heavy atom. The van der Waals surface area contributed by atoms with Crippen LogP contribution < -0.4 is 9.64 Å². The number of piperazine rings is 1. The molecule has 0 unspecified atom stereocenters. The maximum absolute atomic E-state index is 11.3. The summed E-state index contributed by atoms with van der Waals surface area (Å²) < 4.78 is 27.9. The number of ether oxygens (including phenoxy) is 1. The maximum atomic E-state index is 11.3. The van der Waals surface area contributed by atoms with Gasteiger partial charge in [-0.25, -0.2) is 8.42 Å². The predicted molar refractivity (Wildman–Crippen MR) is 119 cm³/mol. The number of nitrogens with zero attached hydrogens (tertiary/aromatic N) is 4. The highest BCUT2D eigenvalue weighted by Gasteiger charge is 2.28. The van der Waals surface area contributed by atoms with E-state index >= 15 is 0 Å². The summed E-state index contributed by atoms with van der Waals surface area (Å²) in [6.07, 6.45) is 3.38. The minimum absolute atomic E-state index is 0. The first-order chi connectivity index (χ1) is 13.8. The van der Waals surface area contributed by atoms with Gasteiger partial charge >= 0.3 is 5.69 Å². The van der Waals surface area contributed by atoms with Crippen molar-refractivity contribution in [1.82, 2.24) is 9.80 Å². The Kier molecular flexibility index (Phi) is 8.45. The number of piperidine rings is 1. The van der Waals surface area contributed by atoms with Crippen molar-refractivity contribution in [2.45, 2.75) is 26.3 Å². The van der Waals surface area contributed by atoms with Crippen LogP contribution in [0.1, 0.15) is 20.3 Å². The van der Waals surface area contributed by atoms with Crippen LogP contribution >= 0.6 is 0 Å². The number of hydrogen-bond acceptors (Lipinski definition) is 8. The predicted octanol–water partition coefficient (Wildman–Crippen LogP) is 1.87. The molecule has 0 saturated carbocycles. The molecule has 2 fully saturated rings. The van der Waals surface area contributed by atoms with E-state index in [1.165, 1.54) is 19.4 Å². The van der Waals surface area contributed by atoms with Crippen molar-refractivity contribution in [3.8, 4) is 5.75 Å². The van der Waals surface area contributed by atoms with Gasteiger partial charge in [0.05, 0.1) is 17.8 Å². The van der Waals surface area contributed by atoms with Crippen LogP contribution in [0.3, 0.4) is 0 Å². The van der Waals surface area contributed by atoms with Crippen LogP contribution in [0, 0.1) is 10.1 Å². The average molecular weight is 443 g/mol. The Balaban J connectivity index is 0.00000320. The van der Waals surface area contributed by atoms with Gasteiger partial charge in [-0.3, -0.25) is 19.9 Å². The van der Waals surface area contributed by atoms with Crippen molar-refractivity contribution in [3.63, 3.8) is 0 Å². The molecule has 0 spiro atoms. The van der Waals surface area contributed by atoms with E-state index in [1.54, 1.807) is 12.1 Å². The molecule has 0 bridgehead atoms. The number of sulfone groups is 1. The van der Waals surface area contributed by atoms with E-state index in [-0.39, 0.29) is 18.9 Å². The molecule has 170 valence electrons. The van der Waals surface area contributed by atoms with E-state index in [1.807, 2.05) is 0 Å². The lowest BCUT2D eigenvalue weighted by molar-refractivity contribution is -0.385. The summed E-state index contributed by atoms with van der Waals surface area (Å²) in [5, 5.41) is 11.1. The summed E-state index contributed by atoms with van der Waals surface area (Å²) >= 11 is 0. The van der Waals surface area contributed by atoms with Crippen LogP contribution in [0.25, 0.3) is 0 Å². The molecule has 0 N–H and O–H groups in total. The Hall–Kier alpha value is -1.91. The molecule has 0 aromatic heterocycles. The highest BCUT2D eigenvalue weighted by atomic mass is 32.2. The van der Waals surface area contributed by atoms with Crippen LogP contribution in [-0.4, -0.2) is 94.1 Å². The third-order valence-electron chi connectivity index (χ3n) is 5.89. The van der Waals surface area contributed by atoms with Crippen LogP contribution in [0.2, 0.25) is 0 Å². The van der Waals surface area contributed by atoms with Crippen LogP contribution in [0.5, 0.6) is 5.75 Å². The molecule has 0 aliphatic carbocycles. The molecule has 2 aliphatic rings. The van der Waals surface area contributed by atoms with Gasteiger partial charge < -0.3 is 9.64 Å². The van der Waals surface area contributed by atoms with E-state index in [9.17, 15) is 18.5 Å². The monoisotopic (exact) mass is 442 g/mol. The van der Waals surface area contributed by atoms with Gasteiger partial charge in [-0.2, -0.15) is 0 Å². The largest absolute Gasteiger partial charge is 0.490 e. The lowest BCUT2D eigenvalue weighted by atomic mass is 10.0. The minimum Gasteiger partial charge on any atom is -0.490 e. The Morgan fingerprint density at radius 2 is 1.77 bits per heavy atom. The Morgan fingerprint density at radius 3 is 2.30 bits per heavy atom. The second-order valence-corrected chi connectivity index (χ2v) is 10.1. The Bertz CT molecular complexity index is 816. The van der Waals surface area contributed by atoms with Gasteiger partial charge in [0.15, 0.2) is 5.75 Å². The SMILES string of the molecule is C.COc1cc(N2CCC(N3CCN(CCS(C)(=O)=O)CC3)CC2)ccc1[N+](=O)[O-]. The van der Waals surface area contributed by atoms with Gasteiger partial charge in [-0.1, -0.05) is 7.43 Å². The highest BCUT2D eigenvalue weighted by Crippen LogP contribution is 2.33. The number of methoxy groups -OCH3 is 1. The van der Waals surface area contributed by atoms with Crippen molar-refractivity contribution < 1.29 is 18.1 Å². The topological polar surface area (TPSA) is 96.2 Å². The summed E-state index contributed by atoms with van der Waals surface area (Å²) in [5.74, 6) is 0.518. The first-order valence-electron chi connectivity index (χ1n) is 9.98. The molecule has 2 heterocycles. The molecule has 9 nitrogen and oxygen atoms in total. The fourth-order valence-corrected chi connectivity index (χ4v) is 4.74. The number of nitro benzene ring substituents is 1. The fraction of sp³-hybridized carbons (Fsp3) is 0.700. The lowest BCUT2D eigenvalue weighted by Crippen LogP contribution is -2.53. The summed E-state index contributed by atoms with van der Waals surface area (Å²) in [7, 11) is -1.46. The van der Waals surface area contributed by atoms with Crippen molar-refractivity contribution in [2.75, 3.05) is 69.8 Å². The third-order valence-corrected chi connectivity index (χ3v) is 6.82. The molecule has 3 rings (SSSR count). The molecule has 30 heavy (non-hydrogen) atoms. The first kappa shape index (κ1) is 24.4. The molecule has 2 aliphatic heterocycles. The van der Waals surface area contributed by atoms with Crippen molar-refractivity contribution in [3.05, 3.63) is 28.3 Å². The molecule has 1 aromatic rings. The Labute approximate surface area is 179 Å². The second kappa shape index (κ2) is 10.4. The van der Waals surface area contributed by atoms with Gasteiger partial charge in [0.1, 0.15) is 9.84 Å². The normalized spacial score (nSPS) is 19.3. The van der Waals surface area contributed by atoms with Gasteiger partial charge in [0.2, 0.25) is 0 Å². The molecular formula is C20H34N4O5S. The highest BCUT2D eigenvalue weighted by molar-refractivity contribution is 7.90. The molecule has 0 atom stereocenters. The summed E-state index contributed by atoms with van der Waals surface area (Å²) in [6.45, 7) is 6.19. The third kappa shape index (κ3) is 6.29. The lowest BCUT2D eigenvalue weighted by Gasteiger charge is -2.43. The molecule has 10 heteroatoms. The number of nitro groups is 1. The van der Waals surface area contributed by atoms with E-state index in [0.29, 0.717) is 18.3 Å². The number of hydrogen-bond donors (Lipinski definition) is 0. The van der Waals surface area contributed by atoms with Crippen molar-refractivity contribution in [1.29, 1.82) is 0 Å². The molecule has 0 radical (unpaired) electrons. The number of anilines is 1. The second-order valence-electron chi connectivity index (χ2n) is 7.84. The first-order valence-corrected chi connectivity index (χ1v) is 12.0. The smallest absolute Gasteiger partial charge is 0.311 e. The van der Waals surface area contributed by atoms with Gasteiger partial charge in [-0.15, -0.1) is 0 Å². The summed E-state index contributed by atoms with van der Waals surface area (Å²) in [5.41, 5.74) is 0.941. The van der Waals surface area contributed by atoms with E-state index < -0.39 is 14.8 Å². The van der Waals surface area contributed by atoms with Crippen LogP contribution in [0.4, 0.5) is 11.4 Å². The van der Waals surface area contributed by atoms with E-state index in [0.717, 1.165) is 57.8 Å². The van der Waals surface area contributed by atoms with Gasteiger partial charge in [0.25, 0.3) is 0 Å². The van der Waals surface area contributed by atoms with E-state index in [4.69, 9.17) is 4.74 Å². The van der Waals surface area contributed by atoms with Gasteiger partial charge in [-0.05, 0) is 18.9 Å². The average Bonchev–Trinajstić information content (AvgIpc) is 2.71. The summed E-state index contributed by atoms with van der Waals surface area (Å²) in [6, 6.07) is 5.58. The standard InChI is InChI=1S/C19H30N4O5S.CH4/c1-28-19-15-17(3-4-18(19)23(24)25)21-7-5-16(6-8-21)22-11-9-20(10-12-22)13-14-29(2,26)27;/h3-4,15-16H,5-14H2,1-2H3;1H4. The minimum atomic E-state index is -2.91. The van der Waals surface area contributed by atoms with Gasteiger partial charge in [0, 0.05) is 75.9 Å². The number of benzene rings is 1. The van der Waals surface area contributed by atoms with Crippen molar-refractivity contribution >= 4 is 21.2 Å². The van der Waals surface area contributed by atoms with Crippen LogP contribution in [0.15, 0.2) is 18.2 Å². The van der Waals surface area contributed by atoms with Crippen LogP contribution in [-0.2, 0) is 9.84 Å². The zero-order valence-corrected chi connectivity index (χ0v) is 17.9. The number of rotatable bonds is 7. The quantitative estimate of drug-likeness (QED) is 0.466. The molecule has 2 saturated heterocycles. The molecule has 0 amide bonds. The summed E-state index contributed by atoms with van der Waals surface area (Å²) in [4.78, 5) is 17.7. The molecular weight excluding hydrogens is 408 g/mol. The zero-order valence-electron chi connectivity index (χ0n) is 17.1. The maximum Gasteiger partial charge on any atom is 0.311 e. The van der Waals surface area contributed by atoms with Crippen molar-refractivity contribution in [2.24, 2.45) is 0 Å². The fourth-order valence-electron chi connectivity index (χ4n) is 4.15. The zero-order chi connectivity index (χ0) is 21.0.